The lowest BCUT2D eigenvalue weighted by molar-refractivity contribution is -0.175. The third kappa shape index (κ3) is 10.9. The van der Waals surface area contributed by atoms with Crippen molar-refractivity contribution in [2.24, 2.45) is 11.8 Å². The highest BCUT2D eigenvalue weighted by atomic mass is 28.4. The maximum Gasteiger partial charge on any atom is 0.304 e. The molecule has 4 aromatic rings. The number of carbonyl (C=O) groups is 2. The largest absolute Gasteiger partial charge is 0.436 e. The fraction of sp³-hybridized carbons (Fsp3) is 0.480. The van der Waals surface area contributed by atoms with Gasteiger partial charge in [0.1, 0.15) is 0 Å². The average Bonchev–Trinajstić information content (AvgIpc) is 3.80. The van der Waals surface area contributed by atoms with Crippen LogP contribution in [-0.2, 0) is 37.4 Å². The quantitative estimate of drug-likeness (QED) is 0.0922. The van der Waals surface area contributed by atoms with Crippen LogP contribution < -0.4 is 20.7 Å². The fourth-order valence-corrected chi connectivity index (χ4v) is 18.3. The second kappa shape index (κ2) is 20.8. The molecule has 2 saturated heterocycles. The lowest BCUT2D eigenvalue weighted by Gasteiger charge is -2.43. The van der Waals surface area contributed by atoms with Crippen molar-refractivity contribution < 1.29 is 37.4 Å². The van der Waals surface area contributed by atoms with Crippen LogP contribution >= 0.6 is 0 Å². The number of rotatable bonds is 14. The van der Waals surface area contributed by atoms with Crippen molar-refractivity contribution in [3.8, 4) is 0 Å². The van der Waals surface area contributed by atoms with Crippen molar-refractivity contribution in [3.05, 3.63) is 121 Å². The Hall–Kier alpha value is -3.91. The molecule has 2 aliphatic rings. The maximum atomic E-state index is 11.4. The Bertz CT molecular complexity index is 1690. The number of carbonyl (C=O) groups excluding carboxylic acids is 2. The summed E-state index contributed by atoms with van der Waals surface area (Å²) in [4.78, 5) is 22.8. The number of benzene rings is 4. The molecule has 0 spiro atoms. The van der Waals surface area contributed by atoms with Gasteiger partial charge in [-0.2, -0.15) is 0 Å². The molecule has 6 atom stereocenters. The van der Waals surface area contributed by atoms with Crippen LogP contribution in [-0.4, -0.2) is 66.6 Å². The monoisotopic (exact) mass is 852 g/mol. The summed E-state index contributed by atoms with van der Waals surface area (Å²) in [5.74, 6) is 0.0203. The molecule has 0 amide bonds. The van der Waals surface area contributed by atoms with Crippen LogP contribution in [0.3, 0.4) is 0 Å². The van der Waals surface area contributed by atoms with Gasteiger partial charge in [-0.25, -0.2) is 0 Å². The molecule has 4 aromatic carbocycles. The molecule has 2 heterocycles. The van der Waals surface area contributed by atoms with Crippen LogP contribution in [0.1, 0.15) is 94.9 Å². The molecule has 0 bridgehead atoms. The van der Waals surface area contributed by atoms with Gasteiger partial charge in [-0.05, 0) is 42.7 Å². The fourth-order valence-electron chi connectivity index (χ4n) is 9.19. The lowest BCUT2D eigenvalue weighted by atomic mass is 9.99. The number of ether oxygens (including phenoxy) is 4. The van der Waals surface area contributed by atoms with Crippen LogP contribution in [0.5, 0.6) is 0 Å². The molecule has 2 fully saturated rings. The standard InChI is InChI=1S/2C25H34O4Si/c2*1-6-20-17-24(28-19(2)26)29-23(20)18-27-30(25(3,4)5,21-13-9-7-10-14-21)22-15-11-8-12-16-22/h2*7-16,20,23-24H,6,17-18H2,1-5H3/t20-,23+,24+;20-,23+,24-/m00/s1. The van der Waals surface area contributed by atoms with Gasteiger partial charge in [0.2, 0.25) is 12.6 Å². The van der Waals surface area contributed by atoms with Crippen LogP contribution in [0, 0.1) is 11.8 Å². The Kier molecular flexibility index (Phi) is 16.3. The molecule has 6 rings (SSSR count). The van der Waals surface area contributed by atoms with E-state index >= 15 is 0 Å². The van der Waals surface area contributed by atoms with Crippen molar-refractivity contribution in [3.63, 3.8) is 0 Å². The zero-order chi connectivity index (χ0) is 43.6. The molecule has 60 heavy (non-hydrogen) atoms. The van der Waals surface area contributed by atoms with E-state index in [1.165, 1.54) is 34.6 Å². The van der Waals surface area contributed by atoms with Gasteiger partial charge >= 0.3 is 11.9 Å². The van der Waals surface area contributed by atoms with Crippen LogP contribution in [0.25, 0.3) is 0 Å². The molecule has 0 saturated carbocycles. The molecule has 8 nitrogen and oxygen atoms in total. The van der Waals surface area contributed by atoms with Gasteiger partial charge < -0.3 is 27.8 Å². The van der Waals surface area contributed by atoms with Crippen LogP contribution in [0.15, 0.2) is 121 Å². The van der Waals surface area contributed by atoms with Gasteiger partial charge in [-0.3, -0.25) is 9.59 Å². The van der Waals surface area contributed by atoms with Crippen LogP contribution in [0.2, 0.25) is 10.1 Å². The normalized spacial score (nSPS) is 22.1. The molecular weight excluding hydrogens is 785 g/mol. The first-order valence-corrected chi connectivity index (χ1v) is 25.5. The predicted molar refractivity (Wildman–Crippen MR) is 245 cm³/mol. The van der Waals surface area contributed by atoms with Crippen molar-refractivity contribution in [1.82, 2.24) is 0 Å². The maximum absolute atomic E-state index is 11.4. The number of hydrogen-bond donors (Lipinski definition) is 0. The Morgan fingerprint density at radius 2 is 0.783 bits per heavy atom. The van der Waals surface area contributed by atoms with Crippen molar-refractivity contribution in [2.45, 2.75) is 130 Å². The zero-order valence-electron chi connectivity index (χ0n) is 37.5. The zero-order valence-corrected chi connectivity index (χ0v) is 39.5. The van der Waals surface area contributed by atoms with Gasteiger partial charge in [0, 0.05) is 26.7 Å². The highest BCUT2D eigenvalue weighted by Gasteiger charge is 2.52. The topological polar surface area (TPSA) is 89.5 Å². The molecule has 0 N–H and O–H groups in total. The molecular formula is C50H68O8Si2. The molecule has 324 valence electrons. The van der Waals surface area contributed by atoms with Crippen molar-refractivity contribution in [1.29, 1.82) is 0 Å². The first kappa shape index (κ1) is 47.1. The number of hydrogen-bond acceptors (Lipinski definition) is 8. The Labute approximate surface area is 361 Å². The van der Waals surface area contributed by atoms with Gasteiger partial charge in [0.15, 0.2) is 0 Å². The summed E-state index contributed by atoms with van der Waals surface area (Å²) in [6.45, 7) is 21.8. The average molecular weight is 853 g/mol. The molecule has 0 aliphatic carbocycles. The summed E-state index contributed by atoms with van der Waals surface area (Å²) in [5, 5.41) is 4.87. The van der Waals surface area contributed by atoms with Gasteiger partial charge in [-0.1, -0.05) is 190 Å². The molecule has 2 aliphatic heterocycles. The summed E-state index contributed by atoms with van der Waals surface area (Å²) in [5.41, 5.74) is 0. The van der Waals surface area contributed by atoms with Gasteiger partial charge in [-0.15, -0.1) is 0 Å². The molecule has 0 radical (unpaired) electrons. The second-order valence-corrected chi connectivity index (χ2v) is 26.8. The summed E-state index contributed by atoms with van der Waals surface area (Å²) in [7, 11) is -5.20. The Morgan fingerprint density at radius 1 is 0.517 bits per heavy atom. The van der Waals surface area contributed by atoms with E-state index < -0.39 is 29.2 Å². The van der Waals surface area contributed by atoms with Gasteiger partial charge in [0.05, 0.1) is 25.4 Å². The first-order chi connectivity index (χ1) is 28.6. The predicted octanol–water partition coefficient (Wildman–Crippen LogP) is 8.53. The van der Waals surface area contributed by atoms with E-state index in [4.69, 9.17) is 27.8 Å². The van der Waals surface area contributed by atoms with E-state index in [9.17, 15) is 9.59 Å². The second-order valence-electron chi connectivity index (χ2n) is 18.2. The highest BCUT2D eigenvalue weighted by molar-refractivity contribution is 7.00. The lowest BCUT2D eigenvalue weighted by Crippen LogP contribution is -2.67. The molecule has 10 heteroatoms. The minimum Gasteiger partial charge on any atom is -0.436 e. The van der Waals surface area contributed by atoms with Crippen LogP contribution in [0.4, 0.5) is 0 Å². The molecule has 0 aromatic heterocycles. The summed E-state index contributed by atoms with van der Waals surface area (Å²) < 4.78 is 36.9. The van der Waals surface area contributed by atoms with E-state index in [2.05, 4.69) is 152 Å². The first-order valence-electron chi connectivity index (χ1n) is 21.7. The summed E-state index contributed by atoms with van der Waals surface area (Å²) in [6, 6.07) is 42.5. The number of esters is 2. The van der Waals surface area contributed by atoms with Crippen molar-refractivity contribution >= 4 is 49.3 Å². The summed E-state index contributed by atoms with van der Waals surface area (Å²) >= 11 is 0. The van der Waals surface area contributed by atoms with Gasteiger partial charge in [0.25, 0.3) is 16.6 Å². The smallest absolute Gasteiger partial charge is 0.304 e. The van der Waals surface area contributed by atoms with E-state index in [0.717, 1.165) is 25.7 Å². The van der Waals surface area contributed by atoms with E-state index in [1.807, 2.05) is 24.3 Å². The Balaban J connectivity index is 0.000000228. The molecule has 0 unspecified atom stereocenters. The Morgan fingerprint density at radius 3 is 1.00 bits per heavy atom. The van der Waals surface area contributed by atoms with E-state index in [1.54, 1.807) is 0 Å². The third-order valence-corrected chi connectivity index (χ3v) is 22.1. The van der Waals surface area contributed by atoms with E-state index in [0.29, 0.717) is 25.0 Å². The minimum atomic E-state index is -2.60. The third-order valence-electron chi connectivity index (χ3n) is 12.1. The summed E-state index contributed by atoms with van der Waals surface area (Å²) in [6.07, 6.45) is 2.27. The van der Waals surface area contributed by atoms with Crippen molar-refractivity contribution in [2.75, 3.05) is 13.2 Å². The SMILES string of the molecule is CC[C@H]1C[C@@H](OC(C)=O)O[C@@H]1CO[Si](c1ccccc1)(c1ccccc1)C(C)(C)C.CC[C@H]1C[C@H](OC(C)=O)O[C@@H]1CO[Si](c1ccccc1)(c1ccccc1)C(C)(C)C. The van der Waals surface area contributed by atoms with E-state index in [-0.39, 0.29) is 34.2 Å². The minimum absolute atomic E-state index is 0.0781. The highest BCUT2D eigenvalue weighted by Crippen LogP contribution is 2.40.